The van der Waals surface area contributed by atoms with Gasteiger partial charge in [-0.05, 0) is 37.3 Å². The summed E-state index contributed by atoms with van der Waals surface area (Å²) in [5.74, 6) is 0.770. The van der Waals surface area contributed by atoms with E-state index in [1.807, 2.05) is 12.1 Å². The van der Waals surface area contributed by atoms with Crippen LogP contribution < -0.4 is 16.2 Å². The molecular formula is C13H21IN4O. The largest absolute Gasteiger partial charge is 0.474 e. The number of ether oxygens (including phenoxy) is 1. The molecule has 1 aliphatic carbocycles. The van der Waals surface area contributed by atoms with Gasteiger partial charge in [-0.15, -0.1) is 24.0 Å². The second-order valence-corrected chi connectivity index (χ2v) is 4.62. The smallest absolute Gasteiger partial charge is 0.213 e. The molecule has 0 unspecified atom stereocenters. The van der Waals surface area contributed by atoms with E-state index in [-0.39, 0.29) is 29.9 Å². The summed E-state index contributed by atoms with van der Waals surface area (Å²) < 4.78 is 5.88. The van der Waals surface area contributed by atoms with E-state index in [4.69, 9.17) is 16.2 Å². The van der Waals surface area contributed by atoms with E-state index in [1.54, 1.807) is 6.20 Å². The first-order valence-corrected chi connectivity index (χ1v) is 6.41. The highest BCUT2D eigenvalue weighted by Crippen LogP contribution is 2.22. The van der Waals surface area contributed by atoms with Crippen molar-refractivity contribution < 1.29 is 4.74 Å². The highest BCUT2D eigenvalue weighted by atomic mass is 127. The first kappa shape index (κ1) is 16.0. The van der Waals surface area contributed by atoms with Crippen LogP contribution in [0.25, 0.3) is 0 Å². The summed E-state index contributed by atoms with van der Waals surface area (Å²) in [6.07, 6.45) is 8.11. The molecule has 1 aliphatic rings. The topological polar surface area (TPSA) is 86.5 Å². The van der Waals surface area contributed by atoms with Gasteiger partial charge >= 0.3 is 0 Å². The van der Waals surface area contributed by atoms with E-state index in [9.17, 15) is 0 Å². The van der Waals surface area contributed by atoms with Crippen LogP contribution in [0.5, 0.6) is 5.88 Å². The maximum atomic E-state index is 5.88. The Labute approximate surface area is 130 Å². The second kappa shape index (κ2) is 8.19. The molecule has 0 amide bonds. The van der Waals surface area contributed by atoms with Crippen LogP contribution in [-0.2, 0) is 6.54 Å². The van der Waals surface area contributed by atoms with Gasteiger partial charge in [-0.3, -0.25) is 0 Å². The molecule has 2 rings (SSSR count). The Kier molecular flexibility index (Phi) is 6.90. The van der Waals surface area contributed by atoms with Gasteiger partial charge in [-0.25, -0.2) is 9.98 Å². The van der Waals surface area contributed by atoms with Gasteiger partial charge in [0.05, 0.1) is 6.54 Å². The van der Waals surface area contributed by atoms with Crippen molar-refractivity contribution in [2.45, 2.75) is 44.8 Å². The lowest BCUT2D eigenvalue weighted by molar-refractivity contribution is 0.148. The molecule has 0 aromatic carbocycles. The molecule has 1 heterocycles. The molecule has 106 valence electrons. The van der Waals surface area contributed by atoms with E-state index in [0.717, 1.165) is 18.4 Å². The molecule has 5 nitrogen and oxygen atoms in total. The molecule has 0 spiro atoms. The molecular weight excluding hydrogens is 355 g/mol. The summed E-state index contributed by atoms with van der Waals surface area (Å²) in [6.45, 7) is 0.464. The van der Waals surface area contributed by atoms with Crippen molar-refractivity contribution >= 4 is 29.9 Å². The Morgan fingerprint density at radius 1 is 1.32 bits per heavy atom. The normalized spacial score (nSPS) is 15.4. The number of aromatic nitrogens is 1. The number of guanidine groups is 1. The molecule has 0 bridgehead atoms. The molecule has 0 saturated heterocycles. The predicted octanol–water partition coefficient (Wildman–Crippen LogP) is 2.18. The molecule has 19 heavy (non-hydrogen) atoms. The summed E-state index contributed by atoms with van der Waals surface area (Å²) in [5.41, 5.74) is 11.6. The van der Waals surface area contributed by atoms with Gasteiger partial charge in [0.1, 0.15) is 6.10 Å². The molecule has 0 radical (unpaired) electrons. The third-order valence-electron chi connectivity index (χ3n) is 3.08. The van der Waals surface area contributed by atoms with Crippen molar-refractivity contribution in [1.29, 1.82) is 0 Å². The molecule has 0 aliphatic heterocycles. The van der Waals surface area contributed by atoms with E-state index in [0.29, 0.717) is 18.5 Å². The fraction of sp³-hybridized carbons (Fsp3) is 0.538. The zero-order valence-electron chi connectivity index (χ0n) is 10.9. The Morgan fingerprint density at radius 3 is 2.74 bits per heavy atom. The van der Waals surface area contributed by atoms with E-state index >= 15 is 0 Å². The fourth-order valence-corrected chi connectivity index (χ4v) is 2.15. The SMILES string of the molecule is I.NC(N)=NCc1ccnc(OC2CCCCC2)c1. The standard InChI is InChI=1S/C13H20N4O.HI/c14-13(15)17-9-10-6-7-16-12(8-10)18-11-4-2-1-3-5-11;/h6-8,11H,1-5,9H2,(H4,14,15,17);1H. The highest BCUT2D eigenvalue weighted by Gasteiger charge is 2.15. The highest BCUT2D eigenvalue weighted by molar-refractivity contribution is 14.0. The number of rotatable bonds is 4. The van der Waals surface area contributed by atoms with Crippen molar-refractivity contribution in [3.8, 4) is 5.88 Å². The van der Waals surface area contributed by atoms with Crippen LogP contribution in [0.15, 0.2) is 23.3 Å². The lowest BCUT2D eigenvalue weighted by atomic mass is 9.98. The van der Waals surface area contributed by atoms with Gasteiger partial charge in [0.2, 0.25) is 5.88 Å². The second-order valence-electron chi connectivity index (χ2n) is 4.62. The number of pyridine rings is 1. The third kappa shape index (κ3) is 5.63. The van der Waals surface area contributed by atoms with Gasteiger partial charge in [0.15, 0.2) is 5.96 Å². The van der Waals surface area contributed by atoms with Crippen LogP contribution in [0.4, 0.5) is 0 Å². The molecule has 1 fully saturated rings. The maximum Gasteiger partial charge on any atom is 0.213 e. The Balaban J connectivity index is 0.00000180. The van der Waals surface area contributed by atoms with Gasteiger partial charge in [-0.2, -0.15) is 0 Å². The number of hydrogen-bond acceptors (Lipinski definition) is 3. The Bertz CT molecular complexity index is 415. The van der Waals surface area contributed by atoms with Gasteiger partial charge in [-0.1, -0.05) is 6.42 Å². The van der Waals surface area contributed by atoms with E-state index in [2.05, 4.69) is 9.98 Å². The summed E-state index contributed by atoms with van der Waals surface area (Å²) in [7, 11) is 0. The summed E-state index contributed by atoms with van der Waals surface area (Å²) in [5, 5.41) is 0. The molecule has 1 saturated carbocycles. The summed E-state index contributed by atoms with van der Waals surface area (Å²) >= 11 is 0. The third-order valence-corrected chi connectivity index (χ3v) is 3.08. The van der Waals surface area contributed by atoms with Crippen LogP contribution in [-0.4, -0.2) is 17.0 Å². The minimum absolute atomic E-state index is 0. The van der Waals surface area contributed by atoms with Crippen LogP contribution in [0.3, 0.4) is 0 Å². The van der Waals surface area contributed by atoms with Crippen molar-refractivity contribution in [2.24, 2.45) is 16.5 Å². The Morgan fingerprint density at radius 2 is 2.05 bits per heavy atom. The first-order valence-electron chi connectivity index (χ1n) is 6.41. The molecule has 0 atom stereocenters. The number of halogens is 1. The van der Waals surface area contributed by atoms with Crippen molar-refractivity contribution in [3.63, 3.8) is 0 Å². The average Bonchev–Trinajstić information content (AvgIpc) is 2.38. The van der Waals surface area contributed by atoms with Crippen molar-refractivity contribution in [2.75, 3.05) is 0 Å². The fourth-order valence-electron chi connectivity index (χ4n) is 2.15. The van der Waals surface area contributed by atoms with Crippen LogP contribution >= 0.6 is 24.0 Å². The minimum atomic E-state index is 0. The predicted molar refractivity (Wildman–Crippen MR) is 86.7 cm³/mol. The van der Waals surface area contributed by atoms with Gasteiger partial charge < -0.3 is 16.2 Å². The number of nitrogens with two attached hydrogens (primary N) is 2. The van der Waals surface area contributed by atoms with Gasteiger partial charge in [0.25, 0.3) is 0 Å². The first-order chi connectivity index (χ1) is 8.74. The van der Waals surface area contributed by atoms with Crippen LogP contribution in [0.2, 0.25) is 0 Å². The number of nitrogens with zero attached hydrogens (tertiary/aromatic N) is 2. The quantitative estimate of drug-likeness (QED) is 0.479. The van der Waals surface area contributed by atoms with Gasteiger partial charge in [0, 0.05) is 12.3 Å². The van der Waals surface area contributed by atoms with E-state index in [1.165, 1.54) is 19.3 Å². The van der Waals surface area contributed by atoms with Crippen LogP contribution in [0.1, 0.15) is 37.7 Å². The number of aliphatic imine (C=N–C) groups is 1. The molecule has 4 N–H and O–H groups in total. The lowest BCUT2D eigenvalue weighted by Gasteiger charge is -2.22. The van der Waals surface area contributed by atoms with E-state index < -0.39 is 0 Å². The average molecular weight is 376 g/mol. The monoisotopic (exact) mass is 376 g/mol. The number of hydrogen-bond donors (Lipinski definition) is 2. The minimum Gasteiger partial charge on any atom is -0.474 e. The molecule has 1 aromatic rings. The summed E-state index contributed by atoms with van der Waals surface area (Å²) in [4.78, 5) is 8.20. The molecule has 1 aromatic heterocycles. The Hall–Kier alpha value is -1.05. The zero-order chi connectivity index (χ0) is 12.8. The van der Waals surface area contributed by atoms with Crippen molar-refractivity contribution in [3.05, 3.63) is 23.9 Å². The maximum absolute atomic E-state index is 5.88. The zero-order valence-corrected chi connectivity index (χ0v) is 13.2. The van der Waals surface area contributed by atoms with Crippen molar-refractivity contribution in [1.82, 2.24) is 4.98 Å². The summed E-state index contributed by atoms with van der Waals surface area (Å²) in [6, 6.07) is 3.79. The molecule has 6 heteroatoms. The van der Waals surface area contributed by atoms with Crippen LogP contribution in [0, 0.1) is 0 Å². The lowest BCUT2D eigenvalue weighted by Crippen LogP contribution is -2.22.